The zero-order chi connectivity index (χ0) is 21.4. The van der Waals surface area contributed by atoms with E-state index in [1.54, 1.807) is 18.3 Å². The van der Waals surface area contributed by atoms with E-state index in [4.69, 9.17) is 32.0 Å². The topological polar surface area (TPSA) is 51.5 Å². The highest BCUT2D eigenvalue weighted by molar-refractivity contribution is 6.42. The Kier molecular flexibility index (Phi) is 5.10. The van der Waals surface area contributed by atoms with Gasteiger partial charge in [0.2, 0.25) is 5.89 Å². The van der Waals surface area contributed by atoms with Crippen molar-refractivity contribution in [2.24, 2.45) is 4.99 Å². The van der Waals surface area contributed by atoms with Crippen LogP contribution in [0.2, 0.25) is 10.0 Å². The highest BCUT2D eigenvalue weighted by Gasteiger charge is 2.09. The number of halogens is 2. The van der Waals surface area contributed by atoms with E-state index in [0.717, 1.165) is 33.5 Å². The highest BCUT2D eigenvalue weighted by atomic mass is 35.5. The molecule has 152 valence electrons. The molecule has 0 N–H and O–H groups in total. The minimum Gasteiger partial charge on any atom is -0.455 e. The number of furan rings is 1. The number of hydrogen-bond donors (Lipinski definition) is 0. The van der Waals surface area contributed by atoms with E-state index in [1.807, 2.05) is 67.6 Å². The smallest absolute Gasteiger partial charge is 0.227 e. The van der Waals surface area contributed by atoms with Crippen LogP contribution in [0.25, 0.3) is 33.9 Å². The van der Waals surface area contributed by atoms with Crippen molar-refractivity contribution >= 4 is 46.2 Å². The van der Waals surface area contributed by atoms with E-state index in [2.05, 4.69) is 9.98 Å². The van der Waals surface area contributed by atoms with Crippen LogP contribution < -0.4 is 0 Å². The van der Waals surface area contributed by atoms with Gasteiger partial charge in [0.05, 0.1) is 21.9 Å². The fraction of sp³-hybridized carbons (Fsp3) is 0.0400. The summed E-state index contributed by atoms with van der Waals surface area (Å²) in [6.07, 6.45) is 1.68. The Bertz CT molecular complexity index is 1420. The van der Waals surface area contributed by atoms with Crippen LogP contribution >= 0.6 is 23.2 Å². The largest absolute Gasteiger partial charge is 0.455 e. The Morgan fingerprint density at radius 2 is 1.61 bits per heavy atom. The first kappa shape index (κ1) is 19.6. The zero-order valence-electron chi connectivity index (χ0n) is 16.5. The van der Waals surface area contributed by atoms with Gasteiger partial charge in [-0.1, -0.05) is 29.3 Å². The molecule has 0 saturated carbocycles. The van der Waals surface area contributed by atoms with Crippen molar-refractivity contribution in [2.75, 3.05) is 0 Å². The Balaban J connectivity index is 1.33. The molecule has 0 bridgehead atoms. The maximum Gasteiger partial charge on any atom is 0.227 e. The van der Waals surface area contributed by atoms with E-state index in [0.29, 0.717) is 27.5 Å². The lowest BCUT2D eigenvalue weighted by atomic mass is 10.2. The Hall–Kier alpha value is -3.34. The van der Waals surface area contributed by atoms with Crippen LogP contribution in [0.4, 0.5) is 5.69 Å². The van der Waals surface area contributed by atoms with Crippen molar-refractivity contribution in [3.8, 4) is 22.8 Å². The molecule has 5 rings (SSSR count). The van der Waals surface area contributed by atoms with E-state index in [1.165, 1.54) is 0 Å². The molecule has 5 aromatic rings. The molecule has 0 atom stereocenters. The highest BCUT2D eigenvalue weighted by Crippen LogP contribution is 2.30. The Morgan fingerprint density at radius 3 is 2.42 bits per heavy atom. The minimum absolute atomic E-state index is 0.486. The van der Waals surface area contributed by atoms with Gasteiger partial charge in [-0.25, -0.2) is 4.98 Å². The molecular formula is C25H16Cl2N2O2. The van der Waals surface area contributed by atoms with Gasteiger partial charge in [0.25, 0.3) is 0 Å². The van der Waals surface area contributed by atoms with Crippen LogP contribution in [-0.2, 0) is 0 Å². The molecule has 0 unspecified atom stereocenters. The quantitative estimate of drug-likeness (QED) is 0.262. The van der Waals surface area contributed by atoms with Gasteiger partial charge in [-0.05, 0) is 79.2 Å². The summed E-state index contributed by atoms with van der Waals surface area (Å²) >= 11 is 12.1. The zero-order valence-corrected chi connectivity index (χ0v) is 18.0. The lowest BCUT2D eigenvalue weighted by molar-refractivity contribution is 0.575. The second-order valence-electron chi connectivity index (χ2n) is 7.13. The third-order valence-corrected chi connectivity index (χ3v) is 5.57. The number of aromatic nitrogens is 1. The average molecular weight is 447 g/mol. The van der Waals surface area contributed by atoms with Crippen molar-refractivity contribution in [3.05, 3.63) is 94.2 Å². The molecule has 6 heteroatoms. The number of hydrogen-bond acceptors (Lipinski definition) is 4. The average Bonchev–Trinajstić information content (AvgIpc) is 3.41. The van der Waals surface area contributed by atoms with Gasteiger partial charge in [-0.3, -0.25) is 4.99 Å². The number of fused-ring (bicyclic) bond motifs is 1. The van der Waals surface area contributed by atoms with E-state index < -0.39 is 0 Å². The van der Waals surface area contributed by atoms with Crippen LogP contribution in [0.3, 0.4) is 0 Å². The van der Waals surface area contributed by atoms with Crippen LogP contribution in [0.1, 0.15) is 11.3 Å². The molecule has 3 aromatic carbocycles. The van der Waals surface area contributed by atoms with E-state index in [-0.39, 0.29) is 0 Å². The fourth-order valence-electron chi connectivity index (χ4n) is 3.22. The summed E-state index contributed by atoms with van der Waals surface area (Å²) in [6, 6.07) is 22.8. The molecule has 0 radical (unpaired) electrons. The Labute approximate surface area is 188 Å². The number of oxazole rings is 1. The molecule has 0 fully saturated rings. The summed E-state index contributed by atoms with van der Waals surface area (Å²) in [5.74, 6) is 1.93. The maximum atomic E-state index is 6.09. The first-order valence-electron chi connectivity index (χ1n) is 9.62. The van der Waals surface area contributed by atoms with Crippen LogP contribution in [0.15, 0.2) is 86.6 Å². The van der Waals surface area contributed by atoms with Crippen LogP contribution in [-0.4, -0.2) is 11.2 Å². The summed E-state index contributed by atoms with van der Waals surface area (Å²) in [6.45, 7) is 2.03. The van der Waals surface area contributed by atoms with Crippen molar-refractivity contribution in [3.63, 3.8) is 0 Å². The minimum atomic E-state index is 0.486. The molecule has 0 spiro atoms. The summed E-state index contributed by atoms with van der Waals surface area (Å²) < 4.78 is 11.7. The first-order valence-corrected chi connectivity index (χ1v) is 10.4. The molecule has 0 aliphatic rings. The number of aliphatic imine (C=N–C) groups is 1. The summed E-state index contributed by atoms with van der Waals surface area (Å²) in [7, 11) is 0. The third-order valence-electron chi connectivity index (χ3n) is 4.83. The van der Waals surface area contributed by atoms with Crippen molar-refractivity contribution in [1.29, 1.82) is 0 Å². The number of nitrogens with zero attached hydrogens (tertiary/aromatic N) is 2. The standard InChI is InChI=1S/C25H16Cl2N2O2/c1-15-2-10-24-22(12-15)29-25(31-24)16-3-6-18(7-4-16)28-14-19-8-11-23(30-19)17-5-9-20(26)21(27)13-17/h2-14H,1H3. The van der Waals surface area contributed by atoms with E-state index in [9.17, 15) is 0 Å². The first-order chi connectivity index (χ1) is 15.0. The molecule has 2 aromatic heterocycles. The molecule has 2 heterocycles. The Morgan fingerprint density at radius 1 is 0.806 bits per heavy atom. The molecule has 0 saturated heterocycles. The van der Waals surface area contributed by atoms with E-state index >= 15 is 0 Å². The van der Waals surface area contributed by atoms with Gasteiger partial charge in [0.15, 0.2) is 5.58 Å². The summed E-state index contributed by atoms with van der Waals surface area (Å²) in [4.78, 5) is 9.06. The van der Waals surface area contributed by atoms with Gasteiger partial charge < -0.3 is 8.83 Å². The number of aryl methyl sites for hydroxylation is 1. The van der Waals surface area contributed by atoms with Crippen LogP contribution in [0, 0.1) is 6.92 Å². The fourth-order valence-corrected chi connectivity index (χ4v) is 3.51. The molecule has 4 nitrogen and oxygen atoms in total. The van der Waals surface area contributed by atoms with Crippen molar-refractivity contribution < 1.29 is 8.83 Å². The van der Waals surface area contributed by atoms with Crippen molar-refractivity contribution in [2.45, 2.75) is 6.92 Å². The molecule has 0 aliphatic heterocycles. The molecule has 0 aliphatic carbocycles. The maximum absolute atomic E-state index is 6.09. The van der Waals surface area contributed by atoms with Crippen molar-refractivity contribution in [1.82, 2.24) is 4.98 Å². The summed E-state index contributed by atoms with van der Waals surface area (Å²) in [5.41, 5.74) is 5.33. The van der Waals surface area contributed by atoms with Gasteiger partial charge in [0.1, 0.15) is 17.0 Å². The van der Waals surface area contributed by atoms with Gasteiger partial charge in [-0.15, -0.1) is 0 Å². The molecular weight excluding hydrogens is 431 g/mol. The molecule has 31 heavy (non-hydrogen) atoms. The van der Waals surface area contributed by atoms with Gasteiger partial charge in [0, 0.05) is 11.1 Å². The molecule has 0 amide bonds. The lowest BCUT2D eigenvalue weighted by Gasteiger charge is -1.99. The van der Waals surface area contributed by atoms with Gasteiger partial charge in [-0.2, -0.15) is 0 Å². The normalized spacial score (nSPS) is 11.6. The third kappa shape index (κ3) is 4.13. The number of benzene rings is 3. The predicted molar refractivity (Wildman–Crippen MR) is 126 cm³/mol. The second-order valence-corrected chi connectivity index (χ2v) is 7.94. The predicted octanol–water partition coefficient (Wildman–Crippen LogP) is 8.12. The number of rotatable bonds is 4. The van der Waals surface area contributed by atoms with Gasteiger partial charge >= 0.3 is 0 Å². The van der Waals surface area contributed by atoms with Crippen LogP contribution in [0.5, 0.6) is 0 Å². The second kappa shape index (κ2) is 8.06. The SMILES string of the molecule is Cc1ccc2oc(-c3ccc(N=Cc4ccc(-c5ccc(Cl)c(Cl)c5)o4)cc3)nc2c1. The summed E-state index contributed by atoms with van der Waals surface area (Å²) in [5, 5.41) is 0.995. The monoisotopic (exact) mass is 446 g/mol. The lowest BCUT2D eigenvalue weighted by Crippen LogP contribution is -1.78.